The number of aliphatic carboxylic acids is 1. The van der Waals surface area contributed by atoms with Crippen molar-refractivity contribution in [2.45, 2.75) is 26.4 Å². The quantitative estimate of drug-likeness (QED) is 0.595. The molecule has 0 aromatic carbocycles. The van der Waals surface area contributed by atoms with E-state index in [1.165, 1.54) is 0 Å². The van der Waals surface area contributed by atoms with E-state index >= 15 is 0 Å². The molecule has 0 bridgehead atoms. The molecule has 0 fully saturated rings. The Morgan fingerprint density at radius 2 is 1.83 bits per heavy atom. The molecule has 0 amide bonds. The molecule has 0 rings (SSSR count). The fourth-order valence-electron chi connectivity index (χ4n) is 0.329. The number of carbonyl (C=O) groups is 2. The molecular formula is C7H14O5. The van der Waals surface area contributed by atoms with Gasteiger partial charge in [0.2, 0.25) is 0 Å². The van der Waals surface area contributed by atoms with Crippen molar-refractivity contribution in [1.82, 2.24) is 0 Å². The third kappa shape index (κ3) is 7.01. The molecule has 0 spiro atoms. The molecule has 72 valence electrons. The Morgan fingerprint density at radius 3 is 2.08 bits per heavy atom. The van der Waals surface area contributed by atoms with Crippen LogP contribution in [0.25, 0.3) is 0 Å². The number of rotatable bonds is 3. The molecule has 5 heteroatoms. The average Bonchev–Trinajstić information content (AvgIpc) is 2.07. The highest BCUT2D eigenvalue weighted by molar-refractivity contribution is 5.80. The third-order valence-corrected chi connectivity index (χ3v) is 0.873. The van der Waals surface area contributed by atoms with Crippen molar-refractivity contribution >= 4 is 11.9 Å². The number of ether oxygens (including phenoxy) is 1. The molecule has 12 heavy (non-hydrogen) atoms. The van der Waals surface area contributed by atoms with Crippen molar-refractivity contribution in [2.75, 3.05) is 7.11 Å². The van der Waals surface area contributed by atoms with Crippen molar-refractivity contribution < 1.29 is 24.5 Å². The van der Waals surface area contributed by atoms with Crippen LogP contribution < -0.4 is 0 Å². The van der Waals surface area contributed by atoms with Gasteiger partial charge in [-0.25, -0.2) is 4.79 Å². The summed E-state index contributed by atoms with van der Waals surface area (Å²) in [4.78, 5) is 20.2. The normalized spacial score (nSPS) is 10.7. The van der Waals surface area contributed by atoms with E-state index in [0.29, 0.717) is 0 Å². The zero-order chi connectivity index (χ0) is 10.1. The number of methoxy groups -OCH3 is 1. The second-order valence-corrected chi connectivity index (χ2v) is 1.63. The van der Waals surface area contributed by atoms with Crippen LogP contribution in [0, 0.1) is 0 Å². The summed E-state index contributed by atoms with van der Waals surface area (Å²) in [5.74, 6) is -2.17. The lowest BCUT2D eigenvalue weighted by molar-refractivity contribution is -0.154. The predicted octanol–water partition coefficient (Wildman–Crippen LogP) is 0.0212. The number of carbonyl (C=O) groups excluding carboxylic acids is 1. The molecule has 5 nitrogen and oxygen atoms in total. The summed E-state index contributed by atoms with van der Waals surface area (Å²) in [5, 5.41) is 16.6. The Morgan fingerprint density at radius 1 is 1.42 bits per heavy atom. The van der Waals surface area contributed by atoms with E-state index < -0.39 is 24.5 Å². The third-order valence-electron chi connectivity index (χ3n) is 0.873. The summed E-state index contributed by atoms with van der Waals surface area (Å²) in [5.41, 5.74) is 0. The van der Waals surface area contributed by atoms with Crippen molar-refractivity contribution in [2.24, 2.45) is 0 Å². The number of carboxylic acid groups (broad SMARTS) is 1. The van der Waals surface area contributed by atoms with Gasteiger partial charge in [0, 0.05) is 0 Å². The molecule has 0 aliphatic heterocycles. The molecule has 0 heterocycles. The lowest BCUT2D eigenvalue weighted by atomic mass is 10.3. The van der Waals surface area contributed by atoms with Crippen LogP contribution in [0.1, 0.15) is 20.3 Å². The smallest absolute Gasteiger partial charge is 0.333 e. The van der Waals surface area contributed by atoms with Crippen LogP contribution in [0.2, 0.25) is 0 Å². The second kappa shape index (κ2) is 8.00. The van der Waals surface area contributed by atoms with Crippen LogP contribution in [0.5, 0.6) is 0 Å². The first-order valence-corrected chi connectivity index (χ1v) is 3.55. The number of carboxylic acids is 1. The zero-order valence-electron chi connectivity index (χ0n) is 7.40. The summed E-state index contributed by atoms with van der Waals surface area (Å²) < 4.78 is 4.11. The topological polar surface area (TPSA) is 83.8 Å². The first-order valence-electron chi connectivity index (χ1n) is 3.55. The Balaban J connectivity index is 0. The van der Waals surface area contributed by atoms with E-state index in [2.05, 4.69) is 4.74 Å². The maximum Gasteiger partial charge on any atom is 0.333 e. The van der Waals surface area contributed by atoms with Crippen LogP contribution in [0.4, 0.5) is 0 Å². The van der Waals surface area contributed by atoms with Crippen molar-refractivity contribution in [3.8, 4) is 0 Å². The van der Waals surface area contributed by atoms with Gasteiger partial charge in [0.05, 0.1) is 13.5 Å². The highest BCUT2D eigenvalue weighted by Gasteiger charge is 2.17. The fraction of sp³-hybridized carbons (Fsp3) is 0.714. The van der Waals surface area contributed by atoms with Gasteiger partial charge in [-0.05, 0) is 0 Å². The summed E-state index contributed by atoms with van der Waals surface area (Å²) in [6.45, 7) is 4.00. The van der Waals surface area contributed by atoms with Gasteiger partial charge in [-0.1, -0.05) is 13.8 Å². The molecule has 0 saturated carbocycles. The lowest BCUT2D eigenvalue weighted by Crippen LogP contribution is -2.23. The van der Waals surface area contributed by atoms with Crippen LogP contribution in [-0.2, 0) is 14.3 Å². The van der Waals surface area contributed by atoms with Crippen LogP contribution >= 0.6 is 0 Å². The number of hydrogen-bond donors (Lipinski definition) is 2. The van der Waals surface area contributed by atoms with E-state index in [0.717, 1.165) is 7.11 Å². The van der Waals surface area contributed by atoms with Crippen LogP contribution in [-0.4, -0.2) is 35.4 Å². The van der Waals surface area contributed by atoms with Gasteiger partial charge in [0.15, 0.2) is 6.10 Å². The summed E-state index contributed by atoms with van der Waals surface area (Å²) in [6, 6.07) is 0. The molecule has 0 aromatic rings. The highest BCUT2D eigenvalue weighted by atomic mass is 16.5. The molecule has 0 saturated heterocycles. The van der Waals surface area contributed by atoms with Gasteiger partial charge < -0.3 is 14.9 Å². The zero-order valence-corrected chi connectivity index (χ0v) is 7.40. The van der Waals surface area contributed by atoms with Crippen LogP contribution in [0.3, 0.4) is 0 Å². The van der Waals surface area contributed by atoms with Crippen molar-refractivity contribution in [3.63, 3.8) is 0 Å². The van der Waals surface area contributed by atoms with E-state index in [1.807, 2.05) is 13.8 Å². The number of hydrogen-bond acceptors (Lipinski definition) is 4. The first kappa shape index (κ1) is 13.5. The molecule has 0 aliphatic carbocycles. The number of aliphatic hydroxyl groups excluding tert-OH is 1. The molecule has 0 radical (unpaired) electrons. The summed E-state index contributed by atoms with van der Waals surface area (Å²) in [6.07, 6.45) is -2.17. The molecule has 0 aliphatic rings. The minimum Gasteiger partial charge on any atom is -0.479 e. The van der Waals surface area contributed by atoms with Crippen molar-refractivity contribution in [3.05, 3.63) is 0 Å². The van der Waals surface area contributed by atoms with Gasteiger partial charge in [-0.2, -0.15) is 0 Å². The average molecular weight is 178 g/mol. The Labute approximate surface area is 71.0 Å². The lowest BCUT2D eigenvalue weighted by Gasteiger charge is -2.01. The fourth-order valence-corrected chi connectivity index (χ4v) is 0.329. The number of aliphatic hydroxyl groups is 1. The first-order chi connectivity index (χ1) is 5.57. The molecule has 0 aromatic heterocycles. The van der Waals surface area contributed by atoms with Gasteiger partial charge in [-0.15, -0.1) is 0 Å². The standard InChI is InChI=1S/C5H8O5.C2H6/c1-10-4(7)2-3(6)5(8)9;1-2/h3,6H,2H2,1H3,(H,8,9);1-2H3/t3-;/m0./s1. The molecule has 1 atom stereocenters. The predicted molar refractivity (Wildman–Crippen MR) is 41.6 cm³/mol. The van der Waals surface area contributed by atoms with Crippen molar-refractivity contribution in [1.29, 1.82) is 0 Å². The largest absolute Gasteiger partial charge is 0.479 e. The van der Waals surface area contributed by atoms with Gasteiger partial charge in [0.25, 0.3) is 0 Å². The minimum absolute atomic E-state index is 0.508. The van der Waals surface area contributed by atoms with E-state index in [4.69, 9.17) is 10.2 Å². The monoisotopic (exact) mass is 178 g/mol. The second-order valence-electron chi connectivity index (χ2n) is 1.63. The van der Waals surface area contributed by atoms with Gasteiger partial charge in [0.1, 0.15) is 0 Å². The Hall–Kier alpha value is -1.10. The van der Waals surface area contributed by atoms with Crippen LogP contribution in [0.15, 0.2) is 0 Å². The molecule has 0 unspecified atom stereocenters. The van der Waals surface area contributed by atoms with E-state index in [-0.39, 0.29) is 0 Å². The van der Waals surface area contributed by atoms with Gasteiger partial charge in [-0.3, -0.25) is 4.79 Å². The Kier molecular flexibility index (Phi) is 8.99. The van der Waals surface area contributed by atoms with E-state index in [9.17, 15) is 9.59 Å². The maximum atomic E-state index is 10.3. The Bertz CT molecular complexity index is 143. The molecule has 2 N–H and O–H groups in total. The van der Waals surface area contributed by atoms with E-state index in [1.54, 1.807) is 0 Å². The maximum absolute atomic E-state index is 10.3. The summed E-state index contributed by atoms with van der Waals surface area (Å²) in [7, 11) is 1.12. The summed E-state index contributed by atoms with van der Waals surface area (Å²) >= 11 is 0. The van der Waals surface area contributed by atoms with Gasteiger partial charge >= 0.3 is 11.9 Å². The molecular weight excluding hydrogens is 164 g/mol. The SMILES string of the molecule is CC.COC(=O)C[C@H](O)C(=O)O. The number of esters is 1. The minimum atomic E-state index is -1.66. The highest BCUT2D eigenvalue weighted by Crippen LogP contribution is 1.92.